The Morgan fingerprint density at radius 2 is 1.86 bits per heavy atom. The van der Waals surface area contributed by atoms with Gasteiger partial charge in [0.2, 0.25) is 0 Å². The van der Waals surface area contributed by atoms with Crippen LogP contribution in [-0.2, 0) is 4.74 Å². The molecule has 1 saturated carbocycles. The van der Waals surface area contributed by atoms with E-state index < -0.39 is 5.60 Å². The summed E-state index contributed by atoms with van der Waals surface area (Å²) < 4.78 is 5.18. The van der Waals surface area contributed by atoms with E-state index in [0.717, 1.165) is 12.0 Å². The van der Waals surface area contributed by atoms with Crippen LogP contribution in [0.15, 0.2) is 23.5 Å². The molecule has 0 aromatic carbocycles. The Hall–Kier alpha value is -1.45. The zero-order chi connectivity index (χ0) is 16.6. The quantitative estimate of drug-likeness (QED) is 0.590. The second-order valence-electron chi connectivity index (χ2n) is 5.90. The first kappa shape index (κ1) is 19.6. The van der Waals surface area contributed by atoms with Crippen LogP contribution in [0.5, 0.6) is 0 Å². The van der Waals surface area contributed by atoms with Gasteiger partial charge in [-0.3, -0.25) is 0 Å². The average molecular weight is 297 g/mol. The van der Waals surface area contributed by atoms with Gasteiger partial charge in [0.1, 0.15) is 11.4 Å². The number of hydrogen-bond acceptors (Lipinski definition) is 3. The molecule has 0 heterocycles. The highest BCUT2D eigenvalue weighted by atomic mass is 16.6. The third-order valence-electron chi connectivity index (χ3n) is 3.11. The van der Waals surface area contributed by atoms with Gasteiger partial charge in [-0.25, -0.2) is 4.79 Å². The van der Waals surface area contributed by atoms with Crippen molar-refractivity contribution in [2.45, 2.75) is 60.5 Å². The molecule has 1 fully saturated rings. The lowest BCUT2D eigenvalue weighted by Crippen LogP contribution is -2.33. The summed E-state index contributed by atoms with van der Waals surface area (Å²) in [7, 11) is 0. The van der Waals surface area contributed by atoms with E-state index in [1.807, 2.05) is 54.5 Å². The van der Waals surface area contributed by atoms with Gasteiger partial charge >= 0.3 is 6.09 Å². The van der Waals surface area contributed by atoms with Gasteiger partial charge in [-0.15, -0.1) is 0 Å². The highest BCUT2D eigenvalue weighted by molar-refractivity contribution is 5.67. The molecule has 1 rings (SSSR count). The number of hydrogen-bond donors (Lipinski definition) is 2. The molecule has 0 aliphatic heterocycles. The maximum absolute atomic E-state index is 11.5. The summed E-state index contributed by atoms with van der Waals surface area (Å²) in [5.74, 6) is 1.07. The van der Waals surface area contributed by atoms with E-state index in [4.69, 9.17) is 4.74 Å². The predicted molar refractivity (Wildman–Crippen MR) is 87.3 cm³/mol. The van der Waals surface area contributed by atoms with Crippen molar-refractivity contribution in [3.63, 3.8) is 0 Å². The van der Waals surface area contributed by atoms with Crippen molar-refractivity contribution in [1.29, 1.82) is 0 Å². The SMILES string of the molecule is C/C=C(\C(O)=C/C)C1CC1CNC(=O)OC(C)(C)C.CC. The first-order chi connectivity index (χ1) is 9.78. The van der Waals surface area contributed by atoms with Crippen molar-refractivity contribution in [3.8, 4) is 0 Å². The van der Waals surface area contributed by atoms with E-state index in [-0.39, 0.29) is 6.09 Å². The van der Waals surface area contributed by atoms with Gasteiger partial charge in [-0.1, -0.05) is 19.9 Å². The number of carbonyl (C=O) groups is 1. The summed E-state index contributed by atoms with van der Waals surface area (Å²) in [6.07, 6.45) is 4.25. The molecular weight excluding hydrogens is 266 g/mol. The summed E-state index contributed by atoms with van der Waals surface area (Å²) >= 11 is 0. The van der Waals surface area contributed by atoms with E-state index in [9.17, 15) is 9.90 Å². The molecule has 0 aromatic heterocycles. The Bertz CT molecular complexity index is 391. The molecule has 1 aliphatic rings. The van der Waals surface area contributed by atoms with Crippen LogP contribution in [0.25, 0.3) is 0 Å². The topological polar surface area (TPSA) is 58.6 Å². The van der Waals surface area contributed by atoms with E-state index in [1.165, 1.54) is 0 Å². The lowest BCUT2D eigenvalue weighted by molar-refractivity contribution is 0.0525. The molecule has 0 spiro atoms. The van der Waals surface area contributed by atoms with Gasteiger partial charge in [-0.05, 0) is 64.5 Å². The van der Waals surface area contributed by atoms with Gasteiger partial charge < -0.3 is 15.2 Å². The Morgan fingerprint density at radius 3 is 2.29 bits per heavy atom. The average Bonchev–Trinajstić information content (AvgIpc) is 3.17. The molecule has 21 heavy (non-hydrogen) atoms. The van der Waals surface area contributed by atoms with Gasteiger partial charge in [0, 0.05) is 6.54 Å². The molecule has 1 aliphatic carbocycles. The Kier molecular flexibility index (Phi) is 8.15. The molecule has 2 atom stereocenters. The van der Waals surface area contributed by atoms with Crippen molar-refractivity contribution in [1.82, 2.24) is 5.32 Å². The normalized spacial score (nSPS) is 22.0. The lowest BCUT2D eigenvalue weighted by atomic mass is 10.1. The summed E-state index contributed by atoms with van der Waals surface area (Å²) in [5, 5.41) is 12.5. The van der Waals surface area contributed by atoms with Crippen molar-refractivity contribution < 1.29 is 14.6 Å². The van der Waals surface area contributed by atoms with Crippen LogP contribution in [0, 0.1) is 11.8 Å². The standard InChI is InChI=1S/C15H25NO3.C2H6/c1-6-11(13(17)7-2)12-8-10(12)9-16-14(18)19-15(3,4)5;1-2/h6-7,10,12,17H,8-9H2,1-5H3,(H,16,18);1-2H3/b11-6-,13-7+;. The van der Waals surface area contributed by atoms with Crippen molar-refractivity contribution >= 4 is 6.09 Å². The Labute approximate surface area is 129 Å². The molecule has 0 aromatic rings. The third kappa shape index (κ3) is 7.21. The van der Waals surface area contributed by atoms with Crippen LogP contribution in [0.4, 0.5) is 4.79 Å². The maximum atomic E-state index is 11.5. The molecule has 0 bridgehead atoms. The highest BCUT2D eigenvalue weighted by Crippen LogP contribution is 2.45. The van der Waals surface area contributed by atoms with Gasteiger partial charge in [0.25, 0.3) is 0 Å². The number of aliphatic hydroxyl groups is 1. The minimum absolute atomic E-state index is 0.340. The first-order valence-electron chi connectivity index (χ1n) is 7.77. The molecule has 4 heteroatoms. The van der Waals surface area contributed by atoms with Crippen molar-refractivity contribution in [2.75, 3.05) is 6.54 Å². The fraction of sp³-hybridized carbons (Fsp3) is 0.706. The fourth-order valence-electron chi connectivity index (χ4n) is 2.10. The minimum Gasteiger partial charge on any atom is -0.508 e. The molecule has 0 radical (unpaired) electrons. The van der Waals surface area contributed by atoms with E-state index in [2.05, 4.69) is 5.32 Å². The second kappa shape index (κ2) is 8.75. The lowest BCUT2D eigenvalue weighted by Gasteiger charge is -2.19. The van der Waals surface area contributed by atoms with E-state index >= 15 is 0 Å². The van der Waals surface area contributed by atoms with Crippen molar-refractivity contribution in [2.24, 2.45) is 11.8 Å². The smallest absolute Gasteiger partial charge is 0.407 e. The molecule has 1 amide bonds. The van der Waals surface area contributed by atoms with Crippen LogP contribution in [0.1, 0.15) is 54.9 Å². The number of carbonyl (C=O) groups excluding carboxylic acids is 1. The zero-order valence-electron chi connectivity index (χ0n) is 14.5. The second-order valence-corrected chi connectivity index (χ2v) is 5.90. The van der Waals surface area contributed by atoms with Gasteiger partial charge in [0.15, 0.2) is 0 Å². The molecule has 122 valence electrons. The summed E-state index contributed by atoms with van der Waals surface area (Å²) in [4.78, 5) is 11.5. The van der Waals surface area contributed by atoms with Crippen LogP contribution < -0.4 is 5.32 Å². The summed E-state index contributed by atoms with van der Waals surface area (Å²) in [6, 6.07) is 0. The number of allylic oxidation sites excluding steroid dienone is 3. The third-order valence-corrected chi connectivity index (χ3v) is 3.11. The largest absolute Gasteiger partial charge is 0.508 e. The van der Waals surface area contributed by atoms with Crippen LogP contribution in [0.3, 0.4) is 0 Å². The fourth-order valence-corrected chi connectivity index (χ4v) is 2.10. The number of amides is 1. The van der Waals surface area contributed by atoms with E-state index in [1.54, 1.807) is 6.08 Å². The first-order valence-corrected chi connectivity index (χ1v) is 7.77. The minimum atomic E-state index is -0.468. The Morgan fingerprint density at radius 1 is 1.29 bits per heavy atom. The maximum Gasteiger partial charge on any atom is 0.407 e. The zero-order valence-corrected chi connectivity index (χ0v) is 14.5. The van der Waals surface area contributed by atoms with Crippen LogP contribution in [-0.4, -0.2) is 23.3 Å². The van der Waals surface area contributed by atoms with Gasteiger partial charge in [-0.2, -0.15) is 0 Å². The number of rotatable bonds is 4. The summed E-state index contributed by atoms with van der Waals surface area (Å²) in [5.41, 5.74) is 0.503. The molecule has 4 nitrogen and oxygen atoms in total. The molecule has 2 unspecified atom stereocenters. The molecular formula is C17H31NO3. The van der Waals surface area contributed by atoms with Crippen LogP contribution in [0.2, 0.25) is 0 Å². The Balaban J connectivity index is 0.00000191. The number of ether oxygens (including phenoxy) is 1. The van der Waals surface area contributed by atoms with Crippen molar-refractivity contribution in [3.05, 3.63) is 23.5 Å². The molecule has 2 N–H and O–H groups in total. The monoisotopic (exact) mass is 297 g/mol. The highest BCUT2D eigenvalue weighted by Gasteiger charge is 2.40. The molecule has 0 saturated heterocycles. The number of aliphatic hydroxyl groups excluding tert-OH is 1. The van der Waals surface area contributed by atoms with E-state index in [0.29, 0.717) is 24.1 Å². The number of alkyl carbamates (subject to hydrolysis) is 1. The summed E-state index contributed by atoms with van der Waals surface area (Å²) in [6.45, 7) is 13.9. The van der Waals surface area contributed by atoms with Gasteiger partial charge in [0.05, 0.1) is 0 Å². The number of nitrogens with one attached hydrogen (secondary N) is 1. The van der Waals surface area contributed by atoms with Crippen LogP contribution >= 0.6 is 0 Å². The predicted octanol–water partition coefficient (Wildman–Crippen LogP) is 4.58.